The first-order chi connectivity index (χ1) is 14.1. The highest BCUT2D eigenvalue weighted by atomic mass is 16.5. The van der Waals surface area contributed by atoms with Crippen LogP contribution in [0.3, 0.4) is 0 Å². The zero-order valence-electron chi connectivity index (χ0n) is 16.1. The van der Waals surface area contributed by atoms with Gasteiger partial charge >= 0.3 is 5.97 Å². The molecule has 2 aromatic rings. The number of ether oxygens (including phenoxy) is 2. The Balaban J connectivity index is 1.66. The normalized spacial score (nSPS) is 18.2. The van der Waals surface area contributed by atoms with Gasteiger partial charge in [0.15, 0.2) is 5.82 Å². The number of aromatic nitrogens is 2. The number of hydrogen-bond donors (Lipinski definition) is 4. The van der Waals surface area contributed by atoms with Crippen LogP contribution in [-0.4, -0.2) is 47.4 Å². The third-order valence-corrected chi connectivity index (χ3v) is 4.68. The molecule has 0 amide bonds. The molecule has 10 nitrogen and oxygen atoms in total. The maximum atomic E-state index is 11.1. The summed E-state index contributed by atoms with van der Waals surface area (Å²) in [6, 6.07) is 7.31. The lowest BCUT2D eigenvalue weighted by atomic mass is 10.1. The third kappa shape index (κ3) is 5.61. The monoisotopic (exact) mass is 400 g/mol. The van der Waals surface area contributed by atoms with Crippen molar-refractivity contribution in [2.45, 2.75) is 25.3 Å². The summed E-state index contributed by atoms with van der Waals surface area (Å²) in [7, 11) is 1.62. The molecule has 0 radical (unpaired) electrons. The Labute approximate surface area is 168 Å². The van der Waals surface area contributed by atoms with Crippen molar-refractivity contribution in [2.75, 3.05) is 31.0 Å². The first-order valence-corrected chi connectivity index (χ1v) is 9.31. The van der Waals surface area contributed by atoms with Crippen molar-refractivity contribution in [1.82, 2.24) is 9.97 Å². The van der Waals surface area contributed by atoms with E-state index in [0.717, 1.165) is 17.9 Å². The second-order valence-electron chi connectivity index (χ2n) is 6.72. The van der Waals surface area contributed by atoms with Crippen molar-refractivity contribution < 1.29 is 19.4 Å². The fraction of sp³-hybridized carbons (Fsp3) is 0.421. The van der Waals surface area contributed by atoms with E-state index in [1.165, 1.54) is 6.20 Å². The Bertz CT molecular complexity index is 845. The smallest absolute Gasteiger partial charge is 0.306 e. The second-order valence-corrected chi connectivity index (χ2v) is 6.72. The first-order valence-electron chi connectivity index (χ1n) is 9.31. The minimum atomic E-state index is -0.768. The summed E-state index contributed by atoms with van der Waals surface area (Å²) in [6.07, 6.45) is 3.38. The Morgan fingerprint density at radius 3 is 2.76 bits per heavy atom. The van der Waals surface area contributed by atoms with Crippen molar-refractivity contribution in [3.05, 3.63) is 30.5 Å². The number of methoxy groups -OCH3 is 1. The van der Waals surface area contributed by atoms with E-state index in [0.29, 0.717) is 43.5 Å². The molecular formula is C19H24N6O4. The number of carbonyl (C=O) groups is 1. The number of carboxylic acid groups (broad SMARTS) is 1. The van der Waals surface area contributed by atoms with E-state index in [2.05, 4.69) is 25.7 Å². The molecule has 3 rings (SSSR count). The summed E-state index contributed by atoms with van der Waals surface area (Å²) >= 11 is 0. The molecule has 1 heterocycles. The van der Waals surface area contributed by atoms with E-state index in [9.17, 15) is 4.79 Å². The van der Waals surface area contributed by atoms with Gasteiger partial charge in [0.05, 0.1) is 18.7 Å². The quantitative estimate of drug-likeness (QED) is 0.350. The lowest BCUT2D eigenvalue weighted by Gasteiger charge is -2.14. The van der Waals surface area contributed by atoms with E-state index < -0.39 is 5.97 Å². The fourth-order valence-corrected chi connectivity index (χ4v) is 3.15. The number of nitrogens with one attached hydrogen (secondary N) is 3. The van der Waals surface area contributed by atoms with Gasteiger partial charge < -0.3 is 25.2 Å². The maximum Gasteiger partial charge on any atom is 0.306 e. The van der Waals surface area contributed by atoms with Gasteiger partial charge in [-0.25, -0.2) is 10.5 Å². The van der Waals surface area contributed by atoms with Crippen molar-refractivity contribution in [3.8, 4) is 5.75 Å². The van der Waals surface area contributed by atoms with Crippen LogP contribution in [0, 0.1) is 11.4 Å². The summed E-state index contributed by atoms with van der Waals surface area (Å²) in [5.74, 6) is 0.374. The van der Waals surface area contributed by atoms with Crippen LogP contribution in [0.25, 0.3) is 0 Å². The molecule has 1 aliphatic rings. The molecule has 4 N–H and O–H groups in total. The van der Waals surface area contributed by atoms with Crippen LogP contribution in [0.15, 0.2) is 35.6 Å². The van der Waals surface area contributed by atoms with Gasteiger partial charge in [0, 0.05) is 18.8 Å². The lowest BCUT2D eigenvalue weighted by Crippen LogP contribution is -2.19. The number of rotatable bonds is 10. The summed E-state index contributed by atoms with van der Waals surface area (Å²) < 4.78 is 10.5. The van der Waals surface area contributed by atoms with Gasteiger partial charge in [-0.05, 0) is 43.5 Å². The first kappa shape index (κ1) is 20.5. The van der Waals surface area contributed by atoms with Gasteiger partial charge in [-0.1, -0.05) is 0 Å². The van der Waals surface area contributed by atoms with Crippen molar-refractivity contribution in [3.63, 3.8) is 0 Å². The summed E-state index contributed by atoms with van der Waals surface area (Å²) in [4.78, 5) is 19.7. The van der Waals surface area contributed by atoms with Crippen LogP contribution in [0.5, 0.6) is 5.75 Å². The van der Waals surface area contributed by atoms with Crippen LogP contribution >= 0.6 is 0 Å². The molecule has 1 aromatic carbocycles. The number of aliphatic carboxylic acids is 1. The maximum absolute atomic E-state index is 11.1. The SMILES string of the molecule is COCCOc1ccc(Nc2nc(N[C@@H]3CC[C@@H](C(=O)O)C3)ncc2N=N)cc1. The molecule has 0 unspecified atom stereocenters. The predicted octanol–water partition coefficient (Wildman–Crippen LogP) is 3.57. The molecule has 1 saturated carbocycles. The van der Waals surface area contributed by atoms with Crippen LogP contribution in [0.4, 0.5) is 23.1 Å². The van der Waals surface area contributed by atoms with Crippen LogP contribution in [0.1, 0.15) is 19.3 Å². The van der Waals surface area contributed by atoms with Crippen LogP contribution < -0.4 is 15.4 Å². The Morgan fingerprint density at radius 2 is 2.10 bits per heavy atom. The molecule has 0 saturated heterocycles. The zero-order chi connectivity index (χ0) is 20.6. The standard InChI is InChI=1S/C19H24N6O4/c1-28-8-9-29-15-6-4-13(5-7-15)22-17-16(25-20)11-21-19(24-17)23-14-3-2-12(10-14)18(26)27/h4-7,11-12,14,20H,2-3,8-10H2,1H3,(H,26,27)(H2,21,22,23,24)/t12-,14-/m1/s1. The molecule has 2 atom stereocenters. The van der Waals surface area contributed by atoms with Crippen LogP contribution in [0.2, 0.25) is 0 Å². The molecule has 10 heteroatoms. The summed E-state index contributed by atoms with van der Waals surface area (Å²) in [6.45, 7) is 0.981. The molecule has 1 fully saturated rings. The van der Waals surface area contributed by atoms with E-state index in [1.807, 2.05) is 24.3 Å². The fourth-order valence-electron chi connectivity index (χ4n) is 3.15. The van der Waals surface area contributed by atoms with Crippen molar-refractivity contribution in [1.29, 1.82) is 5.53 Å². The molecule has 0 spiro atoms. The third-order valence-electron chi connectivity index (χ3n) is 4.68. The van der Waals surface area contributed by atoms with Crippen LogP contribution in [-0.2, 0) is 9.53 Å². The Kier molecular flexibility index (Phi) is 6.90. The molecule has 0 aliphatic heterocycles. The van der Waals surface area contributed by atoms with Crippen molar-refractivity contribution >= 4 is 29.1 Å². The molecule has 154 valence electrons. The summed E-state index contributed by atoms with van der Waals surface area (Å²) in [5, 5.41) is 18.9. The largest absolute Gasteiger partial charge is 0.491 e. The molecule has 0 bridgehead atoms. The highest BCUT2D eigenvalue weighted by molar-refractivity contribution is 5.71. The van der Waals surface area contributed by atoms with E-state index in [-0.39, 0.29) is 12.0 Å². The highest BCUT2D eigenvalue weighted by Crippen LogP contribution is 2.30. The van der Waals surface area contributed by atoms with E-state index in [1.54, 1.807) is 7.11 Å². The average molecular weight is 400 g/mol. The van der Waals surface area contributed by atoms with Gasteiger partial charge in [0.1, 0.15) is 18.0 Å². The van der Waals surface area contributed by atoms with Gasteiger partial charge in [0.25, 0.3) is 0 Å². The topological polar surface area (TPSA) is 142 Å². The Morgan fingerprint density at radius 1 is 1.31 bits per heavy atom. The lowest BCUT2D eigenvalue weighted by molar-refractivity contribution is -0.141. The van der Waals surface area contributed by atoms with Gasteiger partial charge in [-0.15, -0.1) is 0 Å². The second kappa shape index (κ2) is 9.78. The minimum absolute atomic E-state index is 0.00581. The molecule has 29 heavy (non-hydrogen) atoms. The Hall–Kier alpha value is -3.27. The van der Waals surface area contributed by atoms with Crippen molar-refractivity contribution in [2.24, 2.45) is 11.0 Å². The number of carboxylic acids is 1. The number of anilines is 3. The van der Waals surface area contributed by atoms with E-state index in [4.69, 9.17) is 20.1 Å². The van der Waals surface area contributed by atoms with Gasteiger partial charge in [0.2, 0.25) is 5.95 Å². The van der Waals surface area contributed by atoms with Gasteiger partial charge in [-0.2, -0.15) is 10.1 Å². The molecule has 1 aliphatic carbocycles. The average Bonchev–Trinajstić information content (AvgIpc) is 3.19. The predicted molar refractivity (Wildman–Crippen MR) is 106 cm³/mol. The number of hydrogen-bond acceptors (Lipinski definition) is 9. The molecular weight excluding hydrogens is 376 g/mol. The van der Waals surface area contributed by atoms with Gasteiger partial charge in [-0.3, -0.25) is 4.79 Å². The minimum Gasteiger partial charge on any atom is -0.491 e. The molecule has 1 aromatic heterocycles. The van der Waals surface area contributed by atoms with E-state index >= 15 is 0 Å². The number of nitrogens with zero attached hydrogens (tertiary/aromatic N) is 3. The summed E-state index contributed by atoms with van der Waals surface area (Å²) in [5.41, 5.74) is 8.39. The number of benzene rings is 1. The highest BCUT2D eigenvalue weighted by Gasteiger charge is 2.30. The zero-order valence-corrected chi connectivity index (χ0v) is 16.1.